The fourth-order valence-electron chi connectivity index (χ4n) is 2.72. The average molecular weight is 364 g/mol. The molecule has 0 N–H and O–H groups in total. The van der Waals surface area contributed by atoms with E-state index in [1.54, 1.807) is 13.0 Å². The van der Waals surface area contributed by atoms with Gasteiger partial charge in [0, 0.05) is 11.6 Å². The minimum atomic E-state index is -0.912. The van der Waals surface area contributed by atoms with Gasteiger partial charge in [-0.1, -0.05) is 51.7 Å². The maximum Gasteiger partial charge on any atom is 0.388 e. The SMILES string of the molecule is C/C=C(/C(=O)Oc1cccc([N+](=O)[O-])c1[N+](=O)[O-])C(C)CCCCCC. The van der Waals surface area contributed by atoms with Crippen LogP contribution in [-0.4, -0.2) is 15.8 Å². The normalized spacial score (nSPS) is 12.5. The first kappa shape index (κ1) is 21.3. The topological polar surface area (TPSA) is 113 Å². The van der Waals surface area contributed by atoms with Crippen molar-refractivity contribution < 1.29 is 19.4 Å². The average Bonchev–Trinajstić information content (AvgIpc) is 2.58. The molecule has 0 aromatic heterocycles. The van der Waals surface area contributed by atoms with Gasteiger partial charge in [0.25, 0.3) is 0 Å². The lowest BCUT2D eigenvalue weighted by atomic mass is 9.94. The minimum absolute atomic E-state index is 0.0675. The van der Waals surface area contributed by atoms with E-state index in [2.05, 4.69) is 6.92 Å². The Morgan fingerprint density at radius 2 is 1.88 bits per heavy atom. The summed E-state index contributed by atoms with van der Waals surface area (Å²) in [5.41, 5.74) is -1.13. The van der Waals surface area contributed by atoms with Gasteiger partial charge in [-0.05, 0) is 25.3 Å². The molecule has 1 rings (SSSR count). The van der Waals surface area contributed by atoms with Crippen molar-refractivity contribution in [3.63, 3.8) is 0 Å². The number of nitrogens with zero attached hydrogens (tertiary/aromatic N) is 2. The first-order chi connectivity index (χ1) is 12.3. The van der Waals surface area contributed by atoms with Crippen molar-refractivity contribution in [3.8, 4) is 5.75 Å². The molecule has 0 aliphatic heterocycles. The molecule has 0 aliphatic rings. The highest BCUT2D eigenvalue weighted by Crippen LogP contribution is 2.36. The Morgan fingerprint density at radius 3 is 2.42 bits per heavy atom. The van der Waals surface area contributed by atoms with Gasteiger partial charge in [0.1, 0.15) is 0 Å². The lowest BCUT2D eigenvalue weighted by Gasteiger charge is -2.15. The Kier molecular flexibility index (Phi) is 8.41. The van der Waals surface area contributed by atoms with Gasteiger partial charge in [0.2, 0.25) is 5.75 Å². The Hall–Kier alpha value is -2.77. The molecular formula is C18H24N2O6. The molecule has 1 aromatic rings. The van der Waals surface area contributed by atoms with E-state index in [-0.39, 0.29) is 5.92 Å². The number of ether oxygens (including phenoxy) is 1. The number of carbonyl (C=O) groups excluding carboxylic acids is 1. The smallest absolute Gasteiger partial charge is 0.388 e. The number of hydrogen-bond acceptors (Lipinski definition) is 6. The largest absolute Gasteiger partial charge is 0.415 e. The minimum Gasteiger partial charge on any atom is -0.415 e. The van der Waals surface area contributed by atoms with Gasteiger partial charge < -0.3 is 4.74 Å². The summed E-state index contributed by atoms with van der Waals surface area (Å²) in [5, 5.41) is 22.2. The number of nitro groups is 2. The predicted octanol–water partition coefficient (Wildman–Crippen LogP) is 4.96. The standard InChI is InChI=1S/C18H24N2O6/c1-4-6-7-8-10-13(3)14(5-2)18(21)26-16-12-9-11-15(19(22)23)17(16)20(24)25/h5,9,11-13H,4,6-8,10H2,1-3H3/b14-5+. The van der Waals surface area contributed by atoms with Crippen molar-refractivity contribution in [1.29, 1.82) is 0 Å². The summed E-state index contributed by atoms with van der Waals surface area (Å²) < 4.78 is 5.15. The third kappa shape index (κ3) is 5.65. The van der Waals surface area contributed by atoms with Crippen LogP contribution in [0.25, 0.3) is 0 Å². The zero-order valence-electron chi connectivity index (χ0n) is 15.3. The van der Waals surface area contributed by atoms with Crippen LogP contribution in [0.15, 0.2) is 29.8 Å². The Morgan fingerprint density at radius 1 is 1.19 bits per heavy atom. The predicted molar refractivity (Wildman–Crippen MR) is 97.1 cm³/mol. The van der Waals surface area contributed by atoms with Crippen LogP contribution in [0.2, 0.25) is 0 Å². The van der Waals surface area contributed by atoms with Crippen molar-refractivity contribution in [3.05, 3.63) is 50.1 Å². The van der Waals surface area contributed by atoms with Gasteiger partial charge in [-0.15, -0.1) is 0 Å². The number of esters is 1. The Bertz CT molecular complexity index is 699. The third-order valence-corrected chi connectivity index (χ3v) is 4.13. The summed E-state index contributed by atoms with van der Waals surface area (Å²) >= 11 is 0. The number of rotatable bonds is 10. The molecule has 26 heavy (non-hydrogen) atoms. The summed E-state index contributed by atoms with van der Waals surface area (Å²) in [4.78, 5) is 32.8. The fourth-order valence-corrected chi connectivity index (χ4v) is 2.72. The van der Waals surface area contributed by atoms with Crippen LogP contribution < -0.4 is 4.74 Å². The summed E-state index contributed by atoms with van der Waals surface area (Å²) in [7, 11) is 0. The van der Waals surface area contributed by atoms with Crippen LogP contribution in [0.5, 0.6) is 5.75 Å². The molecule has 0 saturated carbocycles. The van der Waals surface area contributed by atoms with E-state index in [0.717, 1.165) is 38.2 Å². The molecule has 0 aliphatic carbocycles. The van der Waals surface area contributed by atoms with Gasteiger partial charge in [-0.3, -0.25) is 20.2 Å². The molecule has 0 heterocycles. The second-order valence-electron chi connectivity index (χ2n) is 6.02. The molecule has 0 amide bonds. The first-order valence-electron chi connectivity index (χ1n) is 8.63. The zero-order valence-corrected chi connectivity index (χ0v) is 15.3. The van der Waals surface area contributed by atoms with E-state index < -0.39 is 32.9 Å². The molecule has 1 unspecified atom stereocenters. The molecule has 142 valence electrons. The number of allylic oxidation sites excluding steroid dienone is 1. The maximum absolute atomic E-state index is 12.4. The second kappa shape index (κ2) is 10.3. The number of carbonyl (C=O) groups is 1. The lowest BCUT2D eigenvalue weighted by molar-refractivity contribution is -0.423. The van der Waals surface area contributed by atoms with Gasteiger partial charge in [-0.25, -0.2) is 4.79 Å². The van der Waals surface area contributed by atoms with E-state index in [1.807, 2.05) is 6.92 Å². The zero-order chi connectivity index (χ0) is 19.7. The monoisotopic (exact) mass is 364 g/mol. The number of hydrogen-bond donors (Lipinski definition) is 0. The molecule has 0 fully saturated rings. The second-order valence-corrected chi connectivity index (χ2v) is 6.02. The number of nitro benzene ring substituents is 2. The van der Waals surface area contributed by atoms with Crippen LogP contribution in [0.4, 0.5) is 11.4 Å². The van der Waals surface area contributed by atoms with Crippen molar-refractivity contribution in [2.75, 3.05) is 0 Å². The highest BCUT2D eigenvalue weighted by atomic mass is 16.6. The molecule has 0 radical (unpaired) electrons. The van der Waals surface area contributed by atoms with Crippen molar-refractivity contribution in [2.24, 2.45) is 5.92 Å². The van der Waals surface area contributed by atoms with E-state index in [4.69, 9.17) is 4.74 Å². The molecule has 8 heteroatoms. The highest BCUT2D eigenvalue weighted by Gasteiger charge is 2.31. The maximum atomic E-state index is 12.4. The summed E-state index contributed by atoms with van der Waals surface area (Å²) in [5.74, 6) is -1.21. The summed E-state index contributed by atoms with van der Waals surface area (Å²) in [6.45, 7) is 5.70. The van der Waals surface area contributed by atoms with Gasteiger partial charge in [0.05, 0.1) is 9.85 Å². The van der Waals surface area contributed by atoms with Gasteiger partial charge in [-0.2, -0.15) is 0 Å². The Balaban J connectivity index is 2.96. The number of benzene rings is 1. The molecule has 0 bridgehead atoms. The molecule has 0 saturated heterocycles. The summed E-state index contributed by atoms with van der Waals surface area (Å²) in [6, 6.07) is 3.43. The van der Waals surface area contributed by atoms with Crippen molar-refractivity contribution in [1.82, 2.24) is 0 Å². The van der Waals surface area contributed by atoms with Gasteiger partial charge >= 0.3 is 17.3 Å². The van der Waals surface area contributed by atoms with E-state index in [1.165, 1.54) is 12.1 Å². The molecular weight excluding hydrogens is 340 g/mol. The van der Waals surface area contributed by atoms with Crippen molar-refractivity contribution in [2.45, 2.75) is 52.9 Å². The molecule has 8 nitrogen and oxygen atoms in total. The molecule has 0 spiro atoms. The third-order valence-electron chi connectivity index (χ3n) is 4.13. The van der Waals surface area contributed by atoms with E-state index >= 15 is 0 Å². The van der Waals surface area contributed by atoms with Crippen LogP contribution in [-0.2, 0) is 4.79 Å². The first-order valence-corrected chi connectivity index (χ1v) is 8.63. The van der Waals surface area contributed by atoms with Crippen molar-refractivity contribution >= 4 is 17.3 Å². The van der Waals surface area contributed by atoms with Crippen LogP contribution in [0.1, 0.15) is 52.9 Å². The van der Waals surface area contributed by atoms with E-state index in [9.17, 15) is 25.0 Å². The Labute approximate surface area is 152 Å². The highest BCUT2D eigenvalue weighted by molar-refractivity contribution is 5.91. The number of unbranched alkanes of at least 4 members (excludes halogenated alkanes) is 3. The quantitative estimate of drug-likeness (QED) is 0.145. The lowest BCUT2D eigenvalue weighted by Crippen LogP contribution is -2.17. The van der Waals surface area contributed by atoms with Gasteiger partial charge in [0.15, 0.2) is 0 Å². The summed E-state index contributed by atoms with van der Waals surface area (Å²) in [6.07, 6.45) is 6.70. The van der Waals surface area contributed by atoms with E-state index in [0.29, 0.717) is 5.57 Å². The molecule has 1 atom stereocenters. The van der Waals surface area contributed by atoms with Crippen LogP contribution >= 0.6 is 0 Å². The van der Waals surface area contributed by atoms with Crippen LogP contribution in [0.3, 0.4) is 0 Å². The molecule has 1 aromatic carbocycles. The number of para-hydroxylation sites is 1. The fraction of sp³-hybridized carbons (Fsp3) is 0.500. The van der Waals surface area contributed by atoms with Crippen LogP contribution in [0, 0.1) is 26.1 Å².